The van der Waals surface area contributed by atoms with E-state index in [9.17, 15) is 4.21 Å². The van der Waals surface area contributed by atoms with E-state index >= 15 is 0 Å². The molecule has 0 radical (unpaired) electrons. The van der Waals surface area contributed by atoms with E-state index in [4.69, 9.17) is 9.47 Å². The van der Waals surface area contributed by atoms with Crippen molar-refractivity contribution < 1.29 is 13.7 Å². The Kier molecular flexibility index (Phi) is 5.86. The highest BCUT2D eigenvalue weighted by molar-refractivity contribution is 7.84. The number of rotatable bonds is 8. The molecule has 1 atom stereocenters. The first-order chi connectivity index (χ1) is 14.2. The summed E-state index contributed by atoms with van der Waals surface area (Å²) in [4.78, 5) is 12.1. The summed E-state index contributed by atoms with van der Waals surface area (Å²) < 4.78 is 23.7. The van der Waals surface area contributed by atoms with Gasteiger partial charge in [-0.2, -0.15) is 0 Å². The highest BCUT2D eigenvalue weighted by atomic mass is 32.2. The third kappa shape index (κ3) is 4.63. The van der Waals surface area contributed by atoms with Gasteiger partial charge in [-0.05, 0) is 29.8 Å². The predicted molar refractivity (Wildman–Crippen MR) is 115 cm³/mol. The van der Waals surface area contributed by atoms with Crippen LogP contribution in [0.25, 0.3) is 22.6 Å². The molecule has 1 N–H and O–H groups in total. The van der Waals surface area contributed by atoms with Crippen LogP contribution in [-0.4, -0.2) is 38.6 Å². The van der Waals surface area contributed by atoms with Gasteiger partial charge in [0.2, 0.25) is 0 Å². The van der Waals surface area contributed by atoms with Gasteiger partial charge in [-0.3, -0.25) is 4.21 Å². The van der Waals surface area contributed by atoms with Crippen molar-refractivity contribution in [3.05, 3.63) is 72.4 Å². The van der Waals surface area contributed by atoms with Crippen LogP contribution in [0.15, 0.2) is 66.9 Å². The molecule has 0 aliphatic heterocycles. The highest BCUT2D eigenvalue weighted by Crippen LogP contribution is 2.32. The number of aromatic nitrogens is 3. The maximum atomic E-state index is 12.4. The van der Waals surface area contributed by atoms with Crippen molar-refractivity contribution in [2.75, 3.05) is 19.5 Å². The topological polar surface area (TPSA) is 77.1 Å². The van der Waals surface area contributed by atoms with Gasteiger partial charge in [0.05, 0.1) is 30.5 Å². The van der Waals surface area contributed by atoms with Crippen LogP contribution in [0.5, 0.6) is 11.5 Å². The molecular weight excluding hydrogens is 386 g/mol. The van der Waals surface area contributed by atoms with Gasteiger partial charge in [-0.25, -0.2) is 9.97 Å². The minimum atomic E-state index is -1.00. The Balaban J connectivity index is 1.49. The summed E-state index contributed by atoms with van der Waals surface area (Å²) in [6, 6.07) is 19.2. The summed E-state index contributed by atoms with van der Waals surface area (Å²) in [6.07, 6.45) is 1.71. The van der Waals surface area contributed by atoms with Crippen LogP contribution in [0, 0.1) is 0 Å². The number of pyridine rings is 1. The Bertz CT molecular complexity index is 1100. The fraction of sp³-hybridized carbons (Fsp3) is 0.182. The predicted octanol–water partition coefficient (Wildman–Crippen LogP) is 3.96. The SMILES string of the molecule is COc1ccc(-c2nc3ncccc3[nH]2)c(OCCS(=O)Cc2ccccc2)c1. The average Bonchev–Trinajstić information content (AvgIpc) is 3.18. The molecule has 0 fully saturated rings. The molecule has 0 aliphatic rings. The molecule has 6 nitrogen and oxygen atoms in total. The van der Waals surface area contributed by atoms with Crippen molar-refractivity contribution in [2.24, 2.45) is 0 Å². The number of methoxy groups -OCH3 is 1. The molecule has 1 unspecified atom stereocenters. The van der Waals surface area contributed by atoms with Crippen molar-refractivity contribution in [1.82, 2.24) is 15.0 Å². The summed E-state index contributed by atoms with van der Waals surface area (Å²) in [6.45, 7) is 0.331. The van der Waals surface area contributed by atoms with E-state index in [1.807, 2.05) is 60.7 Å². The second-order valence-electron chi connectivity index (χ2n) is 6.44. The molecule has 4 rings (SSSR count). The monoisotopic (exact) mass is 407 g/mol. The number of H-pyrrole nitrogens is 1. The van der Waals surface area contributed by atoms with Crippen molar-refractivity contribution in [2.45, 2.75) is 5.75 Å². The van der Waals surface area contributed by atoms with Gasteiger partial charge >= 0.3 is 0 Å². The van der Waals surface area contributed by atoms with Crippen LogP contribution in [-0.2, 0) is 16.6 Å². The number of imidazole rings is 1. The maximum Gasteiger partial charge on any atom is 0.178 e. The van der Waals surface area contributed by atoms with Crippen molar-refractivity contribution >= 4 is 22.0 Å². The number of ether oxygens (including phenoxy) is 2. The molecule has 0 saturated carbocycles. The smallest absolute Gasteiger partial charge is 0.178 e. The zero-order valence-electron chi connectivity index (χ0n) is 16.0. The van der Waals surface area contributed by atoms with E-state index < -0.39 is 10.8 Å². The van der Waals surface area contributed by atoms with Gasteiger partial charge in [0, 0.05) is 28.8 Å². The Labute approximate surface area is 171 Å². The quantitative estimate of drug-likeness (QED) is 0.478. The fourth-order valence-electron chi connectivity index (χ4n) is 2.99. The number of nitrogens with one attached hydrogen (secondary N) is 1. The zero-order valence-corrected chi connectivity index (χ0v) is 16.8. The number of hydrogen-bond donors (Lipinski definition) is 1. The van der Waals surface area contributed by atoms with E-state index in [-0.39, 0.29) is 0 Å². The first kappa shape index (κ1) is 19.1. The standard InChI is InChI=1S/C22H21N3O3S/c1-27-17-9-10-18(21-24-19-8-5-11-23-22(19)25-21)20(14-17)28-12-13-29(26)15-16-6-3-2-4-7-16/h2-11,14H,12-13,15H2,1H3,(H,23,24,25). The van der Waals surface area contributed by atoms with Crippen molar-refractivity contribution in [3.63, 3.8) is 0 Å². The van der Waals surface area contributed by atoms with E-state index in [1.54, 1.807) is 13.3 Å². The maximum absolute atomic E-state index is 12.4. The molecule has 0 spiro atoms. The average molecular weight is 407 g/mol. The first-order valence-corrected chi connectivity index (χ1v) is 10.7. The summed E-state index contributed by atoms with van der Waals surface area (Å²) >= 11 is 0. The molecule has 0 amide bonds. The summed E-state index contributed by atoms with van der Waals surface area (Å²) in [5.74, 6) is 2.93. The number of nitrogens with zero attached hydrogens (tertiary/aromatic N) is 2. The summed E-state index contributed by atoms with van der Waals surface area (Å²) in [7, 11) is 0.605. The molecule has 0 saturated heterocycles. The van der Waals surface area contributed by atoms with Crippen molar-refractivity contribution in [1.29, 1.82) is 0 Å². The molecule has 0 bridgehead atoms. The van der Waals surface area contributed by atoms with Gasteiger partial charge in [0.1, 0.15) is 17.3 Å². The van der Waals surface area contributed by atoms with Crippen LogP contribution < -0.4 is 9.47 Å². The number of benzene rings is 2. The Morgan fingerprint density at radius 3 is 2.72 bits per heavy atom. The lowest BCUT2D eigenvalue weighted by Gasteiger charge is -2.12. The third-order valence-corrected chi connectivity index (χ3v) is 5.72. The van der Waals surface area contributed by atoms with E-state index in [0.29, 0.717) is 41.1 Å². The highest BCUT2D eigenvalue weighted by Gasteiger charge is 2.13. The summed E-state index contributed by atoms with van der Waals surface area (Å²) in [5.41, 5.74) is 3.36. The molecular formula is C22H21N3O3S. The van der Waals surface area contributed by atoms with Gasteiger partial charge in [0.25, 0.3) is 0 Å². The number of aromatic amines is 1. The second kappa shape index (κ2) is 8.87. The van der Waals surface area contributed by atoms with E-state index in [1.165, 1.54) is 0 Å². The molecule has 4 aromatic rings. The number of hydrogen-bond acceptors (Lipinski definition) is 5. The second-order valence-corrected chi connectivity index (χ2v) is 8.02. The molecule has 0 aliphatic carbocycles. The van der Waals surface area contributed by atoms with Crippen molar-refractivity contribution in [3.8, 4) is 22.9 Å². The van der Waals surface area contributed by atoms with Crippen LogP contribution in [0.3, 0.4) is 0 Å². The number of fused-ring (bicyclic) bond motifs is 1. The molecule has 148 valence electrons. The summed E-state index contributed by atoms with van der Waals surface area (Å²) in [5, 5.41) is 0. The third-order valence-electron chi connectivity index (χ3n) is 4.44. The van der Waals surface area contributed by atoms with Gasteiger partial charge in [0.15, 0.2) is 5.65 Å². The molecule has 2 aromatic carbocycles. The Morgan fingerprint density at radius 2 is 1.93 bits per heavy atom. The Hall–Kier alpha value is -3.19. The molecule has 29 heavy (non-hydrogen) atoms. The molecule has 2 heterocycles. The largest absolute Gasteiger partial charge is 0.497 e. The van der Waals surface area contributed by atoms with Crippen LogP contribution in [0.4, 0.5) is 0 Å². The molecule has 2 aromatic heterocycles. The minimum absolute atomic E-state index is 0.331. The van der Waals surface area contributed by atoms with E-state index in [0.717, 1.165) is 16.6 Å². The van der Waals surface area contributed by atoms with Gasteiger partial charge in [-0.1, -0.05) is 30.3 Å². The first-order valence-electron chi connectivity index (χ1n) is 9.24. The minimum Gasteiger partial charge on any atom is -0.497 e. The zero-order chi connectivity index (χ0) is 20.1. The lowest BCUT2D eigenvalue weighted by molar-refractivity contribution is 0.339. The van der Waals surface area contributed by atoms with Crippen LogP contribution >= 0.6 is 0 Å². The van der Waals surface area contributed by atoms with Crippen LogP contribution in [0.2, 0.25) is 0 Å². The lowest BCUT2D eigenvalue weighted by atomic mass is 10.2. The van der Waals surface area contributed by atoms with E-state index in [2.05, 4.69) is 15.0 Å². The lowest BCUT2D eigenvalue weighted by Crippen LogP contribution is -2.10. The fourth-order valence-corrected chi connectivity index (χ4v) is 3.97. The Morgan fingerprint density at radius 1 is 1.07 bits per heavy atom. The van der Waals surface area contributed by atoms with Gasteiger partial charge in [-0.15, -0.1) is 0 Å². The normalized spacial score (nSPS) is 12.0. The molecule has 7 heteroatoms. The van der Waals surface area contributed by atoms with Gasteiger partial charge < -0.3 is 14.5 Å². The van der Waals surface area contributed by atoms with Crippen LogP contribution in [0.1, 0.15) is 5.56 Å².